The van der Waals surface area contributed by atoms with Crippen LogP contribution in [-0.2, 0) is 13.6 Å². The second kappa shape index (κ2) is 5.71. The van der Waals surface area contributed by atoms with Gasteiger partial charge in [-0.1, -0.05) is 12.1 Å². The van der Waals surface area contributed by atoms with Gasteiger partial charge in [-0.3, -0.25) is 0 Å². The summed E-state index contributed by atoms with van der Waals surface area (Å²) >= 11 is 1.56. The summed E-state index contributed by atoms with van der Waals surface area (Å²) in [6, 6.07) is 8.45. The van der Waals surface area contributed by atoms with Gasteiger partial charge in [0.15, 0.2) is 0 Å². The van der Waals surface area contributed by atoms with Crippen molar-refractivity contribution in [3.63, 3.8) is 0 Å². The van der Waals surface area contributed by atoms with Crippen molar-refractivity contribution < 1.29 is 0 Å². The topological polar surface area (TPSA) is 55.6 Å². The maximum atomic E-state index is 3.95. The van der Waals surface area contributed by atoms with E-state index >= 15 is 0 Å². The molecule has 1 aromatic heterocycles. The molecule has 2 aromatic rings. The van der Waals surface area contributed by atoms with Crippen molar-refractivity contribution in [3.8, 4) is 0 Å². The molecule has 0 atom stereocenters. The lowest BCUT2D eigenvalue weighted by Gasteiger charge is -2.20. The molecule has 0 aliphatic rings. The number of nitrogens with zero attached hydrogens (tertiary/aromatic N) is 4. The van der Waals surface area contributed by atoms with Gasteiger partial charge in [0.05, 0.1) is 0 Å². The van der Waals surface area contributed by atoms with Gasteiger partial charge in [0.25, 0.3) is 0 Å². The van der Waals surface area contributed by atoms with Crippen LogP contribution in [0.3, 0.4) is 0 Å². The predicted molar refractivity (Wildman–Crippen MR) is 76.0 cm³/mol. The Balaban J connectivity index is 1.97. The molecule has 0 unspecified atom stereocenters. The first-order chi connectivity index (χ1) is 8.94. The Morgan fingerprint density at radius 2 is 1.89 bits per heavy atom. The van der Waals surface area contributed by atoms with Crippen molar-refractivity contribution in [2.45, 2.75) is 42.9 Å². The van der Waals surface area contributed by atoms with Gasteiger partial charge < -0.3 is 5.32 Å². The lowest BCUT2D eigenvalue weighted by atomic mass is 10.1. The van der Waals surface area contributed by atoms with E-state index in [0.29, 0.717) is 0 Å². The minimum atomic E-state index is 0.137. The van der Waals surface area contributed by atoms with Crippen LogP contribution >= 0.6 is 11.8 Å². The second-order valence-corrected chi connectivity index (χ2v) is 6.48. The van der Waals surface area contributed by atoms with Crippen molar-refractivity contribution in [2.24, 2.45) is 7.05 Å². The van der Waals surface area contributed by atoms with Crippen LogP contribution in [0.5, 0.6) is 0 Å². The molecule has 1 heterocycles. The zero-order chi connectivity index (χ0) is 13.9. The molecule has 6 heteroatoms. The minimum absolute atomic E-state index is 0.137. The SMILES string of the molecule is Cn1nnnc1Sc1ccc(CNC(C)(C)C)cc1. The first-order valence-corrected chi connectivity index (χ1v) is 7.00. The van der Waals surface area contributed by atoms with E-state index in [1.165, 1.54) is 5.56 Å². The summed E-state index contributed by atoms with van der Waals surface area (Å²) < 4.78 is 1.67. The number of tetrazole rings is 1. The molecule has 0 saturated carbocycles. The summed E-state index contributed by atoms with van der Waals surface area (Å²) in [6.45, 7) is 7.37. The summed E-state index contributed by atoms with van der Waals surface area (Å²) in [4.78, 5) is 1.14. The number of benzene rings is 1. The average Bonchev–Trinajstić information content (AvgIpc) is 2.73. The zero-order valence-electron chi connectivity index (χ0n) is 11.7. The van der Waals surface area contributed by atoms with Gasteiger partial charge in [-0.15, -0.1) is 5.10 Å². The maximum absolute atomic E-state index is 3.95. The third-order valence-electron chi connectivity index (χ3n) is 2.54. The van der Waals surface area contributed by atoms with E-state index in [9.17, 15) is 0 Å². The second-order valence-electron chi connectivity index (χ2n) is 5.43. The van der Waals surface area contributed by atoms with Crippen molar-refractivity contribution >= 4 is 11.8 Å². The smallest absolute Gasteiger partial charge is 0.213 e. The van der Waals surface area contributed by atoms with Crippen LogP contribution in [-0.4, -0.2) is 25.7 Å². The summed E-state index contributed by atoms with van der Waals surface area (Å²) in [5.74, 6) is 0. The van der Waals surface area contributed by atoms with Crippen LogP contribution in [0.25, 0.3) is 0 Å². The van der Waals surface area contributed by atoms with Crippen molar-refractivity contribution in [3.05, 3.63) is 29.8 Å². The summed E-state index contributed by atoms with van der Waals surface area (Å²) in [6.07, 6.45) is 0. The monoisotopic (exact) mass is 277 g/mol. The molecule has 0 aliphatic carbocycles. The fourth-order valence-corrected chi connectivity index (χ4v) is 2.18. The fourth-order valence-electron chi connectivity index (χ4n) is 1.46. The van der Waals surface area contributed by atoms with E-state index in [-0.39, 0.29) is 5.54 Å². The molecule has 102 valence electrons. The van der Waals surface area contributed by atoms with E-state index in [2.05, 4.69) is 65.9 Å². The van der Waals surface area contributed by atoms with Crippen molar-refractivity contribution in [1.29, 1.82) is 0 Å². The molecule has 1 N–H and O–H groups in total. The molecule has 0 bridgehead atoms. The Kier molecular flexibility index (Phi) is 4.21. The summed E-state index contributed by atoms with van der Waals surface area (Å²) in [7, 11) is 1.84. The first-order valence-electron chi connectivity index (χ1n) is 6.18. The quantitative estimate of drug-likeness (QED) is 0.929. The summed E-state index contributed by atoms with van der Waals surface area (Å²) in [5, 5.41) is 15.7. The highest BCUT2D eigenvalue weighted by molar-refractivity contribution is 7.99. The van der Waals surface area contributed by atoms with E-state index in [0.717, 1.165) is 16.6 Å². The van der Waals surface area contributed by atoms with Crippen LogP contribution in [0.2, 0.25) is 0 Å². The van der Waals surface area contributed by atoms with Gasteiger partial charge in [0.1, 0.15) is 0 Å². The molecule has 0 spiro atoms. The third kappa shape index (κ3) is 4.33. The molecule has 0 radical (unpaired) electrons. The van der Waals surface area contributed by atoms with Gasteiger partial charge in [-0.2, -0.15) is 0 Å². The Bertz CT molecular complexity index is 527. The van der Waals surface area contributed by atoms with Crippen LogP contribution < -0.4 is 5.32 Å². The third-order valence-corrected chi connectivity index (χ3v) is 3.57. The molecule has 1 aromatic carbocycles. The Morgan fingerprint density at radius 3 is 2.42 bits per heavy atom. The van der Waals surface area contributed by atoms with Gasteiger partial charge in [-0.25, -0.2) is 4.68 Å². The minimum Gasteiger partial charge on any atom is -0.308 e. The number of aryl methyl sites for hydroxylation is 1. The van der Waals surface area contributed by atoms with Crippen LogP contribution in [0.1, 0.15) is 26.3 Å². The van der Waals surface area contributed by atoms with Gasteiger partial charge >= 0.3 is 0 Å². The molecular weight excluding hydrogens is 258 g/mol. The normalized spacial score (nSPS) is 11.8. The Labute approximate surface area is 117 Å². The van der Waals surface area contributed by atoms with E-state index in [1.807, 2.05) is 7.05 Å². The predicted octanol–water partition coefficient (Wildman–Crippen LogP) is 2.25. The molecule has 0 saturated heterocycles. The first kappa shape index (κ1) is 14.0. The van der Waals surface area contributed by atoms with Gasteiger partial charge in [-0.05, 0) is 60.7 Å². The van der Waals surface area contributed by atoms with Crippen molar-refractivity contribution in [1.82, 2.24) is 25.5 Å². The largest absolute Gasteiger partial charge is 0.308 e. The van der Waals surface area contributed by atoms with Gasteiger partial charge in [0, 0.05) is 24.0 Å². The Hall–Kier alpha value is -1.40. The fraction of sp³-hybridized carbons (Fsp3) is 0.462. The lowest BCUT2D eigenvalue weighted by molar-refractivity contribution is 0.424. The van der Waals surface area contributed by atoms with E-state index < -0.39 is 0 Å². The molecule has 2 rings (SSSR count). The standard InChI is InChI=1S/C13H19N5S/c1-13(2,3)14-9-10-5-7-11(8-6-10)19-12-15-16-17-18(12)4/h5-8,14H,9H2,1-4H3. The van der Waals surface area contributed by atoms with Crippen molar-refractivity contribution in [2.75, 3.05) is 0 Å². The van der Waals surface area contributed by atoms with E-state index in [4.69, 9.17) is 0 Å². The number of nitrogens with one attached hydrogen (secondary N) is 1. The van der Waals surface area contributed by atoms with Crippen LogP contribution in [0, 0.1) is 0 Å². The summed E-state index contributed by atoms with van der Waals surface area (Å²) in [5.41, 5.74) is 1.41. The Morgan fingerprint density at radius 1 is 1.21 bits per heavy atom. The average molecular weight is 277 g/mol. The number of hydrogen-bond acceptors (Lipinski definition) is 5. The lowest BCUT2D eigenvalue weighted by Crippen LogP contribution is -2.35. The molecule has 0 amide bonds. The van der Waals surface area contributed by atoms with E-state index in [1.54, 1.807) is 16.4 Å². The highest BCUT2D eigenvalue weighted by Gasteiger charge is 2.08. The maximum Gasteiger partial charge on any atom is 0.213 e. The molecule has 19 heavy (non-hydrogen) atoms. The molecule has 0 fully saturated rings. The highest BCUT2D eigenvalue weighted by atomic mass is 32.2. The number of rotatable bonds is 4. The van der Waals surface area contributed by atoms with Crippen LogP contribution in [0.15, 0.2) is 34.3 Å². The molecule has 5 nitrogen and oxygen atoms in total. The van der Waals surface area contributed by atoms with Crippen LogP contribution in [0.4, 0.5) is 0 Å². The number of aromatic nitrogens is 4. The molecular formula is C13H19N5S. The highest BCUT2D eigenvalue weighted by Crippen LogP contribution is 2.24. The molecule has 0 aliphatic heterocycles. The number of hydrogen-bond donors (Lipinski definition) is 1. The zero-order valence-corrected chi connectivity index (χ0v) is 12.5. The van der Waals surface area contributed by atoms with Gasteiger partial charge in [0.2, 0.25) is 5.16 Å².